The summed E-state index contributed by atoms with van der Waals surface area (Å²) in [5.74, 6) is 1.22. The van der Waals surface area contributed by atoms with E-state index in [1.807, 2.05) is 0 Å². The summed E-state index contributed by atoms with van der Waals surface area (Å²) in [7, 11) is -2.04. The molecule has 1 rings (SSSR count). The molecule has 7 nitrogen and oxygen atoms in total. The van der Waals surface area contributed by atoms with Gasteiger partial charge in [-0.25, -0.2) is 9.18 Å². The average molecular weight is 407 g/mol. The van der Waals surface area contributed by atoms with E-state index in [0.717, 1.165) is 31.3 Å². The molecule has 9 heteroatoms. The molecule has 1 aliphatic carbocycles. The van der Waals surface area contributed by atoms with Gasteiger partial charge in [0.15, 0.2) is 14.7 Å². The van der Waals surface area contributed by atoms with E-state index in [4.69, 9.17) is 19.3 Å². The second-order valence-electron chi connectivity index (χ2n) is 7.89. The highest BCUT2D eigenvalue weighted by molar-refractivity contribution is 7.48. The lowest BCUT2D eigenvalue weighted by Crippen LogP contribution is -2.36. The van der Waals surface area contributed by atoms with Crippen molar-refractivity contribution in [2.75, 3.05) is 0 Å². The summed E-state index contributed by atoms with van der Waals surface area (Å²) >= 11 is 0. The molecule has 0 aromatic heterocycles. The minimum absolute atomic E-state index is 0.135. The lowest BCUT2D eigenvalue weighted by atomic mass is 9.83. The minimum Gasteiger partial charge on any atom is -0.425 e. The lowest BCUT2D eigenvalue weighted by Gasteiger charge is -2.25. The van der Waals surface area contributed by atoms with Crippen LogP contribution in [-0.2, 0) is 14.3 Å². The Morgan fingerprint density at radius 2 is 2.04 bits per heavy atom. The minimum atomic E-state index is -2.04. The van der Waals surface area contributed by atoms with Crippen LogP contribution in [0.2, 0.25) is 0 Å². The largest absolute Gasteiger partial charge is 0.425 e. The molecular weight excluding hydrogens is 376 g/mol. The van der Waals surface area contributed by atoms with Crippen LogP contribution >= 0.6 is 8.38 Å². The number of hydrogen-bond donors (Lipinski definition) is 3. The van der Waals surface area contributed by atoms with Gasteiger partial charge in [-0.3, -0.25) is 10.1 Å². The van der Waals surface area contributed by atoms with Crippen LogP contribution in [0.5, 0.6) is 0 Å². The van der Waals surface area contributed by atoms with Crippen molar-refractivity contribution in [1.29, 1.82) is 0 Å². The van der Waals surface area contributed by atoms with E-state index in [1.165, 1.54) is 12.7 Å². The van der Waals surface area contributed by atoms with Gasteiger partial charge in [-0.05, 0) is 71.0 Å². The monoisotopic (exact) mass is 407 g/mol. The second-order valence-corrected chi connectivity index (χ2v) is 8.79. The van der Waals surface area contributed by atoms with Crippen molar-refractivity contribution in [2.45, 2.75) is 78.8 Å². The fourth-order valence-corrected chi connectivity index (χ4v) is 3.40. The van der Waals surface area contributed by atoms with E-state index in [2.05, 4.69) is 5.32 Å². The van der Waals surface area contributed by atoms with Crippen molar-refractivity contribution in [3.05, 3.63) is 11.4 Å². The fraction of sp³-hybridized carbons (Fsp3) is 0.778. The molecule has 3 atom stereocenters. The van der Waals surface area contributed by atoms with Crippen LogP contribution in [-0.4, -0.2) is 34.4 Å². The maximum Gasteiger partial charge on any atom is 0.412 e. The molecular formula is C18H31FNO6P. The van der Waals surface area contributed by atoms with E-state index >= 15 is 0 Å². The van der Waals surface area contributed by atoms with Crippen molar-refractivity contribution < 1.29 is 33.2 Å². The van der Waals surface area contributed by atoms with Gasteiger partial charge in [0, 0.05) is 6.92 Å². The zero-order chi connectivity index (χ0) is 20.6. The van der Waals surface area contributed by atoms with Crippen LogP contribution in [0.4, 0.5) is 9.18 Å². The summed E-state index contributed by atoms with van der Waals surface area (Å²) in [6.07, 6.45) is 0.492. The van der Waals surface area contributed by atoms with Crippen LogP contribution in [0.1, 0.15) is 66.2 Å². The first-order valence-corrected chi connectivity index (χ1v) is 10.5. The van der Waals surface area contributed by atoms with Gasteiger partial charge in [-0.15, -0.1) is 0 Å². The highest BCUT2D eigenvalue weighted by Crippen LogP contribution is 2.37. The van der Waals surface area contributed by atoms with Crippen LogP contribution in [0.3, 0.4) is 0 Å². The number of carbonyl (C=O) groups excluding carboxylic acids is 2. The second kappa shape index (κ2) is 10.9. The molecule has 1 amide bonds. The van der Waals surface area contributed by atoms with Gasteiger partial charge in [-0.2, -0.15) is 0 Å². The van der Waals surface area contributed by atoms with Gasteiger partial charge in [0.2, 0.25) is 6.29 Å². The summed E-state index contributed by atoms with van der Waals surface area (Å²) in [4.78, 5) is 41.5. The van der Waals surface area contributed by atoms with Gasteiger partial charge in [0.25, 0.3) is 0 Å². The number of hydrogen-bond acceptors (Lipinski definition) is 6. The van der Waals surface area contributed by atoms with Crippen LogP contribution in [0.15, 0.2) is 11.4 Å². The first kappa shape index (κ1) is 23.8. The highest BCUT2D eigenvalue weighted by atomic mass is 31.2. The fourth-order valence-electron chi connectivity index (χ4n) is 2.84. The van der Waals surface area contributed by atoms with Crippen LogP contribution in [0, 0.1) is 11.3 Å². The van der Waals surface area contributed by atoms with Gasteiger partial charge in [0.05, 0.1) is 5.41 Å². The Balaban J connectivity index is 2.32. The van der Waals surface area contributed by atoms with Gasteiger partial charge < -0.3 is 19.3 Å². The Kier molecular flexibility index (Phi) is 9.63. The summed E-state index contributed by atoms with van der Waals surface area (Å²) in [5.41, 5.74) is 0.275. The number of alkyl carbamates (subject to hydrolysis) is 1. The Bertz CT molecular complexity index is 534. The van der Waals surface area contributed by atoms with E-state index in [-0.39, 0.29) is 12.3 Å². The molecule has 27 heavy (non-hydrogen) atoms. The molecule has 0 saturated heterocycles. The predicted molar refractivity (Wildman–Crippen MR) is 100 cm³/mol. The van der Waals surface area contributed by atoms with E-state index in [9.17, 15) is 14.0 Å². The Hall–Kier alpha value is -1.24. The number of ether oxygens (including phenoxy) is 2. The quantitative estimate of drug-likeness (QED) is 0.254. The summed E-state index contributed by atoms with van der Waals surface area (Å²) in [5, 5.41) is 2.10. The number of amides is 1. The molecule has 0 aromatic carbocycles. The summed E-state index contributed by atoms with van der Waals surface area (Å²) < 4.78 is 23.8. The molecule has 0 radical (unpaired) electrons. The summed E-state index contributed by atoms with van der Waals surface area (Å²) in [6, 6.07) is 0. The topological polar surface area (TPSA) is 105 Å². The number of alkyl halides is 1. The Morgan fingerprint density at radius 3 is 2.63 bits per heavy atom. The SMILES string of the molecule is CC(OC(=O)NC(F)CCC1CCCC(=CP(O)O)C1)OC(=O)C(C)(C)C. The molecule has 0 spiro atoms. The van der Waals surface area contributed by atoms with Crippen molar-refractivity contribution >= 4 is 20.4 Å². The first-order valence-electron chi connectivity index (χ1n) is 9.16. The molecule has 3 N–H and O–H groups in total. The standard InChI is InChI=1S/C18H31FNO6P/c1-12(25-16(21)18(2,3)4)26-17(22)20-15(19)9-8-13-6-5-7-14(10-13)11-27(23)24/h11-13,15,23-24H,5-10H2,1-4H3,(H,20,22). The van der Waals surface area contributed by atoms with Crippen molar-refractivity contribution in [3.8, 4) is 0 Å². The zero-order valence-electron chi connectivity index (χ0n) is 16.4. The van der Waals surface area contributed by atoms with Crippen molar-refractivity contribution in [2.24, 2.45) is 11.3 Å². The third-order valence-corrected chi connectivity index (χ3v) is 4.82. The Labute approximate surface area is 161 Å². The average Bonchev–Trinajstić information content (AvgIpc) is 2.51. The third kappa shape index (κ3) is 10.0. The summed E-state index contributed by atoms with van der Waals surface area (Å²) in [6.45, 7) is 6.42. The van der Waals surface area contributed by atoms with Crippen LogP contribution < -0.4 is 5.32 Å². The maximum atomic E-state index is 14.0. The van der Waals surface area contributed by atoms with Crippen molar-refractivity contribution in [3.63, 3.8) is 0 Å². The molecule has 156 valence electrons. The van der Waals surface area contributed by atoms with E-state index in [0.29, 0.717) is 6.42 Å². The zero-order valence-corrected chi connectivity index (χ0v) is 17.3. The highest BCUT2D eigenvalue weighted by Gasteiger charge is 2.26. The van der Waals surface area contributed by atoms with Gasteiger partial charge in [-0.1, -0.05) is 5.57 Å². The number of rotatable bonds is 7. The van der Waals surface area contributed by atoms with Gasteiger partial charge >= 0.3 is 12.1 Å². The van der Waals surface area contributed by atoms with Crippen LogP contribution in [0.25, 0.3) is 0 Å². The molecule has 0 aliphatic heterocycles. The molecule has 0 aromatic rings. The number of carbonyl (C=O) groups is 2. The number of esters is 1. The first-order chi connectivity index (χ1) is 12.5. The molecule has 0 heterocycles. The molecule has 1 fully saturated rings. The van der Waals surface area contributed by atoms with E-state index in [1.54, 1.807) is 20.8 Å². The number of nitrogens with one attached hydrogen (secondary N) is 1. The Morgan fingerprint density at radius 1 is 1.37 bits per heavy atom. The third-order valence-electron chi connectivity index (χ3n) is 4.22. The predicted octanol–water partition coefficient (Wildman–Crippen LogP) is 4.09. The lowest BCUT2D eigenvalue weighted by molar-refractivity contribution is -0.174. The molecule has 3 unspecified atom stereocenters. The molecule has 0 bridgehead atoms. The number of allylic oxidation sites excluding steroid dienone is 1. The maximum absolute atomic E-state index is 14.0. The van der Waals surface area contributed by atoms with Crippen molar-refractivity contribution in [1.82, 2.24) is 5.32 Å². The van der Waals surface area contributed by atoms with Gasteiger partial charge in [0.1, 0.15) is 0 Å². The molecule has 1 aliphatic rings. The number of halogens is 1. The molecule has 1 saturated carbocycles. The van der Waals surface area contributed by atoms with E-state index < -0.39 is 38.4 Å². The normalized spacial score (nSPS) is 21.6. The smallest absolute Gasteiger partial charge is 0.412 e.